The van der Waals surface area contributed by atoms with Crippen molar-refractivity contribution in [2.24, 2.45) is 0 Å². The van der Waals surface area contributed by atoms with E-state index in [-0.39, 0.29) is 17.3 Å². The first-order chi connectivity index (χ1) is 12.1. The van der Waals surface area contributed by atoms with Gasteiger partial charge in [-0.05, 0) is 41.5 Å². The third-order valence-electron chi connectivity index (χ3n) is 4.05. The Balaban J connectivity index is 1.81. The number of Topliss-reactive ketones (excluding diaryl/α,β-unsaturated/α-hetero) is 1. The maximum Gasteiger partial charge on any atom is 0.232 e. The number of ether oxygens (including phenoxy) is 1. The number of aromatic hydroxyl groups is 1. The number of rotatable bonds is 2. The number of phenols is 1. The van der Waals surface area contributed by atoms with Crippen LogP contribution in [0, 0.1) is 0 Å². The van der Waals surface area contributed by atoms with Crippen LogP contribution in [0.3, 0.4) is 0 Å². The fourth-order valence-corrected chi connectivity index (χ4v) is 3.14. The van der Waals surface area contributed by atoms with Crippen LogP contribution in [-0.2, 0) is 0 Å². The Hall–Kier alpha value is -2.85. The van der Waals surface area contributed by atoms with Crippen LogP contribution in [0.2, 0.25) is 0 Å². The van der Waals surface area contributed by atoms with E-state index in [9.17, 15) is 9.90 Å². The van der Waals surface area contributed by atoms with Crippen LogP contribution in [0.4, 0.5) is 0 Å². The molecule has 4 rings (SSSR count). The second-order valence-electron chi connectivity index (χ2n) is 5.69. The van der Waals surface area contributed by atoms with Gasteiger partial charge in [0.2, 0.25) is 5.78 Å². The molecule has 1 heterocycles. The number of hydrogen-bond acceptors (Lipinski definition) is 3. The summed E-state index contributed by atoms with van der Waals surface area (Å²) in [4.78, 5) is 12.9. The molecule has 0 aromatic heterocycles. The summed E-state index contributed by atoms with van der Waals surface area (Å²) in [7, 11) is 0. The Labute approximate surface area is 153 Å². The van der Waals surface area contributed by atoms with Crippen LogP contribution in [0.25, 0.3) is 17.2 Å². The van der Waals surface area contributed by atoms with Crippen LogP contribution in [-0.4, -0.2) is 10.9 Å². The highest BCUT2D eigenvalue weighted by Crippen LogP contribution is 2.43. The van der Waals surface area contributed by atoms with Crippen molar-refractivity contribution in [2.45, 2.75) is 0 Å². The minimum absolute atomic E-state index is 0.0618. The van der Waals surface area contributed by atoms with Crippen LogP contribution in [0.1, 0.15) is 15.9 Å². The maximum absolute atomic E-state index is 12.9. The summed E-state index contributed by atoms with van der Waals surface area (Å²) < 4.78 is 6.72. The Morgan fingerprint density at radius 2 is 1.60 bits per heavy atom. The highest BCUT2D eigenvalue weighted by atomic mass is 79.9. The van der Waals surface area contributed by atoms with Gasteiger partial charge < -0.3 is 9.84 Å². The smallest absolute Gasteiger partial charge is 0.232 e. The first-order valence-electron chi connectivity index (χ1n) is 7.75. The average Bonchev–Trinajstić information content (AvgIpc) is 2.94. The second-order valence-corrected chi connectivity index (χ2v) is 6.61. The van der Waals surface area contributed by atoms with Crippen molar-refractivity contribution in [3.8, 4) is 22.6 Å². The number of halogens is 1. The quantitative estimate of drug-likeness (QED) is 0.590. The number of benzene rings is 3. The molecule has 0 amide bonds. The number of carbonyl (C=O) groups is 1. The highest BCUT2D eigenvalue weighted by molar-refractivity contribution is 9.10. The van der Waals surface area contributed by atoms with Crippen LogP contribution >= 0.6 is 15.9 Å². The molecule has 4 heteroatoms. The summed E-state index contributed by atoms with van der Waals surface area (Å²) in [6, 6.07) is 20.1. The van der Waals surface area contributed by atoms with E-state index in [1.807, 2.05) is 54.6 Å². The Bertz CT molecular complexity index is 990. The molecular formula is C21H13BrO3. The van der Waals surface area contributed by atoms with Crippen LogP contribution < -0.4 is 4.74 Å². The number of allylic oxidation sites excluding steroid dienone is 1. The van der Waals surface area contributed by atoms with Crippen molar-refractivity contribution in [3.05, 3.63) is 88.1 Å². The standard InChI is InChI=1S/C21H13BrO3/c22-15-8-6-13(7-9-15)12-18-21(24)20-17(25-18)11-10-16(23)19(20)14-4-2-1-3-5-14/h1-12,23H/b18-12-. The van der Waals surface area contributed by atoms with Gasteiger partial charge in [-0.25, -0.2) is 0 Å². The minimum Gasteiger partial charge on any atom is -0.507 e. The van der Waals surface area contributed by atoms with Crippen molar-refractivity contribution < 1.29 is 14.6 Å². The van der Waals surface area contributed by atoms with Gasteiger partial charge in [-0.3, -0.25) is 4.79 Å². The number of phenolic OH excluding ortho intramolecular Hbond substituents is 1. The van der Waals surface area contributed by atoms with Gasteiger partial charge in [0.25, 0.3) is 0 Å². The third-order valence-corrected chi connectivity index (χ3v) is 4.57. The van der Waals surface area contributed by atoms with E-state index in [1.165, 1.54) is 0 Å². The van der Waals surface area contributed by atoms with E-state index in [2.05, 4.69) is 15.9 Å². The van der Waals surface area contributed by atoms with Crippen molar-refractivity contribution in [1.82, 2.24) is 0 Å². The largest absolute Gasteiger partial charge is 0.507 e. The molecule has 3 aromatic carbocycles. The lowest BCUT2D eigenvalue weighted by Gasteiger charge is -2.08. The lowest BCUT2D eigenvalue weighted by molar-refractivity contribution is 0.101. The zero-order valence-corrected chi connectivity index (χ0v) is 14.7. The zero-order chi connectivity index (χ0) is 17.4. The topological polar surface area (TPSA) is 46.5 Å². The van der Waals surface area contributed by atoms with Gasteiger partial charge in [-0.15, -0.1) is 0 Å². The lowest BCUT2D eigenvalue weighted by Crippen LogP contribution is -2.00. The van der Waals surface area contributed by atoms with Crippen molar-refractivity contribution in [2.75, 3.05) is 0 Å². The van der Waals surface area contributed by atoms with Gasteiger partial charge in [0.05, 0.1) is 5.56 Å². The highest BCUT2D eigenvalue weighted by Gasteiger charge is 2.32. The molecule has 0 spiro atoms. The molecule has 0 radical (unpaired) electrons. The molecular weight excluding hydrogens is 380 g/mol. The first kappa shape index (κ1) is 15.7. The third kappa shape index (κ3) is 2.85. The van der Waals surface area contributed by atoms with Crippen LogP contribution in [0.5, 0.6) is 11.5 Å². The van der Waals surface area contributed by atoms with Crippen molar-refractivity contribution in [3.63, 3.8) is 0 Å². The van der Waals surface area contributed by atoms with E-state index in [4.69, 9.17) is 4.74 Å². The summed E-state index contributed by atoms with van der Waals surface area (Å²) in [5, 5.41) is 10.3. The molecule has 0 saturated carbocycles. The Morgan fingerprint density at radius 1 is 0.880 bits per heavy atom. The van der Waals surface area contributed by atoms with Gasteiger partial charge in [-0.1, -0.05) is 58.4 Å². The number of ketones is 1. The number of carbonyl (C=O) groups excluding carboxylic acids is 1. The van der Waals surface area contributed by atoms with Gasteiger partial charge in [0.1, 0.15) is 11.5 Å². The fraction of sp³-hybridized carbons (Fsp3) is 0. The molecule has 1 aliphatic heterocycles. The van der Waals surface area contributed by atoms with E-state index in [0.29, 0.717) is 16.9 Å². The van der Waals surface area contributed by atoms with Crippen molar-refractivity contribution >= 4 is 27.8 Å². The molecule has 25 heavy (non-hydrogen) atoms. The molecule has 3 aromatic rings. The summed E-state index contributed by atoms with van der Waals surface area (Å²) in [6.07, 6.45) is 1.71. The summed E-state index contributed by atoms with van der Waals surface area (Å²) in [6.45, 7) is 0. The molecule has 1 N–H and O–H groups in total. The van der Waals surface area contributed by atoms with Gasteiger partial charge in [0, 0.05) is 10.0 Å². The maximum atomic E-state index is 12.9. The molecule has 0 bridgehead atoms. The second kappa shape index (κ2) is 6.22. The first-order valence-corrected chi connectivity index (χ1v) is 8.54. The van der Waals surface area contributed by atoms with E-state index >= 15 is 0 Å². The van der Waals surface area contributed by atoms with Crippen molar-refractivity contribution in [1.29, 1.82) is 0 Å². The molecule has 122 valence electrons. The predicted molar refractivity (Wildman–Crippen MR) is 101 cm³/mol. The van der Waals surface area contributed by atoms with Gasteiger partial charge in [0.15, 0.2) is 5.76 Å². The average molecular weight is 393 g/mol. The number of fused-ring (bicyclic) bond motifs is 1. The van der Waals surface area contributed by atoms with Gasteiger partial charge in [-0.2, -0.15) is 0 Å². The molecule has 0 fully saturated rings. The summed E-state index contributed by atoms with van der Waals surface area (Å²) >= 11 is 3.39. The fourth-order valence-electron chi connectivity index (χ4n) is 2.87. The predicted octanol–water partition coefficient (Wildman–Crippen LogP) is 5.44. The lowest BCUT2D eigenvalue weighted by atomic mass is 9.95. The molecule has 0 saturated heterocycles. The zero-order valence-electron chi connectivity index (χ0n) is 13.1. The summed E-state index contributed by atoms with van der Waals surface area (Å²) in [5.41, 5.74) is 2.54. The van der Waals surface area contributed by atoms with Crippen LogP contribution in [0.15, 0.2) is 77.0 Å². The van der Waals surface area contributed by atoms with E-state index in [0.717, 1.165) is 15.6 Å². The SMILES string of the molecule is O=C1/C(=C/c2ccc(Br)cc2)Oc2ccc(O)c(-c3ccccc3)c21. The van der Waals surface area contributed by atoms with E-state index in [1.54, 1.807) is 18.2 Å². The molecule has 0 unspecified atom stereocenters. The Kier molecular flexibility index (Phi) is 3.90. The number of hydrogen-bond donors (Lipinski definition) is 1. The molecule has 0 atom stereocenters. The Morgan fingerprint density at radius 3 is 2.32 bits per heavy atom. The van der Waals surface area contributed by atoms with E-state index < -0.39 is 0 Å². The molecule has 3 nitrogen and oxygen atoms in total. The minimum atomic E-state index is -0.229. The monoisotopic (exact) mass is 392 g/mol. The van der Waals surface area contributed by atoms with Gasteiger partial charge >= 0.3 is 0 Å². The molecule has 0 aliphatic carbocycles. The molecule has 1 aliphatic rings. The normalized spacial score (nSPS) is 14.4. The summed E-state index contributed by atoms with van der Waals surface area (Å²) in [5.74, 6) is 0.546.